The summed E-state index contributed by atoms with van der Waals surface area (Å²) in [6.07, 6.45) is 4.93. The highest BCUT2D eigenvalue weighted by Gasteiger charge is 2.20. The summed E-state index contributed by atoms with van der Waals surface area (Å²) in [5.41, 5.74) is 0.505. The third-order valence-corrected chi connectivity index (χ3v) is 4.07. The van der Waals surface area contributed by atoms with E-state index in [9.17, 15) is 13.6 Å². The first-order valence-corrected chi connectivity index (χ1v) is 7.68. The summed E-state index contributed by atoms with van der Waals surface area (Å²) in [5.74, 6) is -1.06. The van der Waals surface area contributed by atoms with Gasteiger partial charge >= 0.3 is 5.97 Å². The Kier molecular flexibility index (Phi) is 4.69. The van der Waals surface area contributed by atoms with Gasteiger partial charge in [0.1, 0.15) is 23.9 Å². The second kappa shape index (κ2) is 6.89. The van der Waals surface area contributed by atoms with Gasteiger partial charge in [0.15, 0.2) is 5.76 Å². The van der Waals surface area contributed by atoms with Crippen LogP contribution in [0.4, 0.5) is 8.78 Å². The fourth-order valence-electron chi connectivity index (χ4n) is 2.86. The highest BCUT2D eigenvalue weighted by atomic mass is 19.1. The zero-order valence-corrected chi connectivity index (χ0v) is 12.6. The molecule has 1 aliphatic rings. The van der Waals surface area contributed by atoms with Crippen LogP contribution in [-0.2, 0) is 16.1 Å². The van der Waals surface area contributed by atoms with Gasteiger partial charge < -0.3 is 9.26 Å². The summed E-state index contributed by atoms with van der Waals surface area (Å²) in [4.78, 5) is 11.8. The molecule has 122 valence electrons. The standard InChI is InChI=1S/C17H17F2NO3/c18-12-5-6-14(15(19)8-12)16-9-13(20-23-16)10-22-17(21)7-11-3-1-2-4-11/h5-6,8-9,11H,1-4,7,10H2. The van der Waals surface area contributed by atoms with Gasteiger partial charge in [-0.15, -0.1) is 0 Å². The highest BCUT2D eigenvalue weighted by Crippen LogP contribution is 2.28. The third kappa shape index (κ3) is 3.94. The molecular formula is C17H17F2NO3. The van der Waals surface area contributed by atoms with Crippen molar-refractivity contribution in [2.24, 2.45) is 5.92 Å². The molecule has 0 radical (unpaired) electrons. The van der Waals surface area contributed by atoms with Crippen molar-refractivity contribution in [3.63, 3.8) is 0 Å². The Morgan fingerprint density at radius 1 is 1.26 bits per heavy atom. The summed E-state index contributed by atoms with van der Waals surface area (Å²) in [7, 11) is 0. The largest absolute Gasteiger partial charge is 0.459 e. The summed E-state index contributed by atoms with van der Waals surface area (Å²) in [6, 6.07) is 4.68. The Bertz CT molecular complexity index is 693. The van der Waals surface area contributed by atoms with E-state index in [0.717, 1.165) is 25.0 Å². The molecule has 0 saturated heterocycles. The van der Waals surface area contributed by atoms with Crippen molar-refractivity contribution in [1.82, 2.24) is 5.16 Å². The molecule has 0 aliphatic heterocycles. The van der Waals surface area contributed by atoms with Crippen LogP contribution in [-0.4, -0.2) is 11.1 Å². The lowest BCUT2D eigenvalue weighted by atomic mass is 10.0. The van der Waals surface area contributed by atoms with E-state index < -0.39 is 11.6 Å². The average Bonchev–Trinajstić information content (AvgIpc) is 3.17. The van der Waals surface area contributed by atoms with E-state index >= 15 is 0 Å². The van der Waals surface area contributed by atoms with Gasteiger partial charge in [0.2, 0.25) is 0 Å². The van der Waals surface area contributed by atoms with E-state index in [4.69, 9.17) is 9.26 Å². The number of rotatable bonds is 5. The number of carbonyl (C=O) groups excluding carboxylic acids is 1. The van der Waals surface area contributed by atoms with Gasteiger partial charge in [0.05, 0.1) is 5.56 Å². The van der Waals surface area contributed by atoms with Crippen LogP contribution < -0.4 is 0 Å². The second-order valence-corrected chi connectivity index (χ2v) is 5.82. The Morgan fingerprint density at radius 2 is 2.04 bits per heavy atom. The van der Waals surface area contributed by atoms with Gasteiger partial charge in [0, 0.05) is 18.6 Å². The maximum absolute atomic E-state index is 13.7. The molecule has 0 N–H and O–H groups in total. The molecule has 2 aromatic rings. The minimum absolute atomic E-state index is 0.0160. The number of nitrogens with zero attached hydrogens (tertiary/aromatic N) is 1. The van der Waals surface area contributed by atoms with E-state index in [0.29, 0.717) is 18.0 Å². The van der Waals surface area contributed by atoms with E-state index in [-0.39, 0.29) is 23.9 Å². The lowest BCUT2D eigenvalue weighted by Crippen LogP contribution is -2.09. The monoisotopic (exact) mass is 321 g/mol. The average molecular weight is 321 g/mol. The molecule has 23 heavy (non-hydrogen) atoms. The van der Waals surface area contributed by atoms with E-state index in [1.54, 1.807) is 0 Å². The Morgan fingerprint density at radius 3 is 2.78 bits per heavy atom. The third-order valence-electron chi connectivity index (χ3n) is 4.07. The number of halogens is 2. The van der Waals surface area contributed by atoms with Crippen molar-refractivity contribution in [3.8, 4) is 11.3 Å². The number of hydrogen-bond donors (Lipinski definition) is 0. The smallest absolute Gasteiger partial charge is 0.306 e. The molecule has 4 nitrogen and oxygen atoms in total. The topological polar surface area (TPSA) is 52.3 Å². The van der Waals surface area contributed by atoms with Gasteiger partial charge in [-0.1, -0.05) is 18.0 Å². The molecule has 0 unspecified atom stereocenters. The van der Waals surface area contributed by atoms with Gasteiger partial charge in [-0.25, -0.2) is 8.78 Å². The molecule has 1 aliphatic carbocycles. The van der Waals surface area contributed by atoms with Gasteiger partial charge in [-0.2, -0.15) is 0 Å². The second-order valence-electron chi connectivity index (χ2n) is 5.82. The number of hydrogen-bond acceptors (Lipinski definition) is 4. The molecule has 1 aromatic carbocycles. The molecule has 0 amide bonds. The van der Waals surface area contributed by atoms with Crippen molar-refractivity contribution < 1.29 is 22.8 Å². The van der Waals surface area contributed by atoms with Crippen molar-refractivity contribution >= 4 is 5.97 Å². The zero-order chi connectivity index (χ0) is 16.2. The zero-order valence-electron chi connectivity index (χ0n) is 12.6. The van der Waals surface area contributed by atoms with Crippen LogP contribution in [0.2, 0.25) is 0 Å². The molecule has 1 aromatic heterocycles. The first kappa shape index (κ1) is 15.6. The summed E-state index contributed by atoms with van der Waals surface area (Å²) in [5, 5.41) is 3.75. The molecule has 1 saturated carbocycles. The van der Waals surface area contributed by atoms with Crippen molar-refractivity contribution in [1.29, 1.82) is 0 Å². The number of benzene rings is 1. The summed E-state index contributed by atoms with van der Waals surface area (Å²) < 4.78 is 36.8. The highest BCUT2D eigenvalue weighted by molar-refractivity contribution is 5.69. The predicted octanol–water partition coefficient (Wildman–Crippen LogP) is 4.24. The normalized spacial score (nSPS) is 15.0. The van der Waals surface area contributed by atoms with Crippen LogP contribution in [0.15, 0.2) is 28.8 Å². The first-order valence-electron chi connectivity index (χ1n) is 7.68. The van der Waals surface area contributed by atoms with Crippen LogP contribution >= 0.6 is 0 Å². The van der Waals surface area contributed by atoms with Crippen molar-refractivity contribution in [2.45, 2.75) is 38.7 Å². The van der Waals surface area contributed by atoms with Crippen molar-refractivity contribution in [3.05, 3.63) is 41.6 Å². The molecule has 1 fully saturated rings. The van der Waals surface area contributed by atoms with Gasteiger partial charge in [-0.3, -0.25) is 4.79 Å². The number of carbonyl (C=O) groups is 1. The molecule has 6 heteroatoms. The fraction of sp³-hybridized carbons (Fsp3) is 0.412. The van der Waals surface area contributed by atoms with Gasteiger partial charge in [-0.05, 0) is 30.9 Å². The summed E-state index contributed by atoms with van der Waals surface area (Å²) in [6.45, 7) is -0.0160. The molecule has 3 rings (SSSR count). The number of esters is 1. The maximum Gasteiger partial charge on any atom is 0.306 e. The lowest BCUT2D eigenvalue weighted by molar-refractivity contribution is -0.146. The van der Waals surface area contributed by atoms with Crippen LogP contribution in [0, 0.1) is 17.6 Å². The maximum atomic E-state index is 13.7. The number of aromatic nitrogens is 1. The minimum Gasteiger partial charge on any atom is -0.459 e. The molecule has 0 atom stereocenters. The van der Waals surface area contributed by atoms with Crippen LogP contribution in [0.25, 0.3) is 11.3 Å². The Labute approximate surface area is 132 Å². The SMILES string of the molecule is O=C(CC1CCCC1)OCc1cc(-c2ccc(F)cc2F)on1. The molecular weight excluding hydrogens is 304 g/mol. The number of ether oxygens (including phenoxy) is 1. The minimum atomic E-state index is -0.731. The van der Waals surface area contributed by atoms with Crippen LogP contribution in [0.1, 0.15) is 37.8 Å². The van der Waals surface area contributed by atoms with E-state index in [1.807, 2.05) is 0 Å². The molecule has 0 bridgehead atoms. The quantitative estimate of drug-likeness (QED) is 0.773. The fourth-order valence-corrected chi connectivity index (χ4v) is 2.86. The Balaban J connectivity index is 1.57. The van der Waals surface area contributed by atoms with Crippen LogP contribution in [0.3, 0.4) is 0 Å². The van der Waals surface area contributed by atoms with E-state index in [2.05, 4.69) is 5.16 Å². The van der Waals surface area contributed by atoms with E-state index in [1.165, 1.54) is 25.0 Å². The lowest BCUT2D eigenvalue weighted by Gasteiger charge is -2.07. The predicted molar refractivity (Wildman–Crippen MR) is 78.2 cm³/mol. The van der Waals surface area contributed by atoms with Crippen molar-refractivity contribution in [2.75, 3.05) is 0 Å². The molecule has 0 spiro atoms. The molecule has 1 heterocycles. The van der Waals surface area contributed by atoms with Gasteiger partial charge in [0.25, 0.3) is 0 Å². The Hall–Kier alpha value is -2.24. The summed E-state index contributed by atoms with van der Waals surface area (Å²) >= 11 is 0. The van der Waals surface area contributed by atoms with Crippen LogP contribution in [0.5, 0.6) is 0 Å². The first-order chi connectivity index (χ1) is 11.1.